The van der Waals surface area contributed by atoms with Gasteiger partial charge in [-0.1, -0.05) is 30.3 Å². The molecule has 1 fully saturated rings. The van der Waals surface area contributed by atoms with E-state index in [1.165, 1.54) is 24.3 Å². The number of carbonyl (C=O) groups is 1. The summed E-state index contributed by atoms with van der Waals surface area (Å²) in [6.07, 6.45) is 1.72. The molecule has 0 radical (unpaired) electrons. The first-order chi connectivity index (χ1) is 12.3. The Morgan fingerprint density at radius 3 is 2.27 bits per heavy atom. The van der Waals surface area contributed by atoms with Gasteiger partial charge in [0.1, 0.15) is 0 Å². The standard InChI is InChI=1S/C19H22N2O4S/c20-26(24,25)17-8-6-14(7-9-17)19(23)21-18(15-11-16(22)12-15)10-13-4-2-1-3-5-13/h1-9,15-16,18,22H,10-12H2,(H,21,23)(H2,20,24,25)/t15?,16?,18-/m1/s1. The Morgan fingerprint density at radius 2 is 1.73 bits per heavy atom. The van der Waals surface area contributed by atoms with Crippen LogP contribution in [-0.4, -0.2) is 31.6 Å². The summed E-state index contributed by atoms with van der Waals surface area (Å²) in [6, 6.07) is 15.3. The van der Waals surface area contributed by atoms with Crippen LogP contribution in [0.25, 0.3) is 0 Å². The van der Waals surface area contributed by atoms with Crippen LogP contribution < -0.4 is 10.5 Å². The highest BCUT2D eigenvalue weighted by atomic mass is 32.2. The predicted octanol–water partition coefficient (Wildman–Crippen LogP) is 1.45. The second-order valence-corrected chi connectivity index (χ2v) is 8.29. The van der Waals surface area contributed by atoms with Gasteiger partial charge >= 0.3 is 0 Å². The normalized spacial score (nSPS) is 20.8. The minimum absolute atomic E-state index is 0.0306. The summed E-state index contributed by atoms with van der Waals surface area (Å²) in [7, 11) is -3.78. The number of carbonyl (C=O) groups excluding carboxylic acids is 1. The van der Waals surface area contributed by atoms with Gasteiger partial charge in [-0.05, 0) is 55.0 Å². The molecule has 0 heterocycles. The Balaban J connectivity index is 1.72. The zero-order valence-electron chi connectivity index (χ0n) is 14.2. The van der Waals surface area contributed by atoms with E-state index in [4.69, 9.17) is 5.14 Å². The molecule has 7 heteroatoms. The average molecular weight is 374 g/mol. The highest BCUT2D eigenvalue weighted by Gasteiger charge is 2.34. The number of hydrogen-bond donors (Lipinski definition) is 3. The molecule has 138 valence electrons. The van der Waals surface area contributed by atoms with Gasteiger partial charge in [-0.25, -0.2) is 13.6 Å². The highest BCUT2D eigenvalue weighted by molar-refractivity contribution is 7.89. The first-order valence-corrected chi connectivity index (χ1v) is 10.0. The Hall–Kier alpha value is -2.22. The fourth-order valence-electron chi connectivity index (χ4n) is 3.21. The molecule has 0 aliphatic heterocycles. The number of nitrogens with one attached hydrogen (secondary N) is 1. The van der Waals surface area contributed by atoms with E-state index >= 15 is 0 Å². The summed E-state index contributed by atoms with van der Waals surface area (Å²) in [5.41, 5.74) is 1.49. The van der Waals surface area contributed by atoms with Crippen molar-refractivity contribution in [2.45, 2.75) is 36.3 Å². The minimum Gasteiger partial charge on any atom is -0.393 e. The first kappa shape index (κ1) is 18.6. The van der Waals surface area contributed by atoms with Crippen molar-refractivity contribution in [3.05, 3.63) is 65.7 Å². The van der Waals surface area contributed by atoms with Crippen molar-refractivity contribution in [2.24, 2.45) is 11.1 Å². The van der Waals surface area contributed by atoms with Gasteiger partial charge in [0.2, 0.25) is 10.0 Å². The molecule has 2 aromatic rings. The van der Waals surface area contributed by atoms with Crippen molar-refractivity contribution >= 4 is 15.9 Å². The zero-order chi connectivity index (χ0) is 18.7. The molecule has 1 aliphatic rings. The lowest BCUT2D eigenvalue weighted by molar-refractivity contribution is 0.0239. The summed E-state index contributed by atoms with van der Waals surface area (Å²) in [6.45, 7) is 0. The van der Waals surface area contributed by atoms with Crippen molar-refractivity contribution < 1.29 is 18.3 Å². The number of aliphatic hydroxyl groups excluding tert-OH is 1. The molecule has 1 amide bonds. The minimum atomic E-state index is -3.78. The fourth-order valence-corrected chi connectivity index (χ4v) is 3.73. The largest absolute Gasteiger partial charge is 0.393 e. The third kappa shape index (κ3) is 4.49. The molecule has 3 rings (SSSR count). The molecule has 0 spiro atoms. The van der Waals surface area contributed by atoms with Gasteiger partial charge in [-0.3, -0.25) is 4.79 Å². The van der Waals surface area contributed by atoms with Crippen LogP contribution in [-0.2, 0) is 16.4 Å². The molecule has 2 aromatic carbocycles. The molecule has 0 unspecified atom stereocenters. The number of amides is 1. The van der Waals surface area contributed by atoms with E-state index in [-0.39, 0.29) is 28.9 Å². The van der Waals surface area contributed by atoms with Crippen LogP contribution in [0.2, 0.25) is 0 Å². The first-order valence-electron chi connectivity index (χ1n) is 8.48. The van der Waals surface area contributed by atoms with Crippen molar-refractivity contribution in [2.75, 3.05) is 0 Å². The van der Waals surface area contributed by atoms with Crippen LogP contribution in [0.15, 0.2) is 59.5 Å². The second kappa shape index (κ2) is 7.57. The number of sulfonamides is 1. The van der Waals surface area contributed by atoms with E-state index in [0.717, 1.165) is 5.56 Å². The van der Waals surface area contributed by atoms with E-state index in [9.17, 15) is 18.3 Å². The molecule has 1 saturated carbocycles. The van der Waals surface area contributed by atoms with Crippen LogP contribution in [0, 0.1) is 5.92 Å². The van der Waals surface area contributed by atoms with E-state index in [0.29, 0.717) is 24.8 Å². The van der Waals surface area contributed by atoms with Crippen molar-refractivity contribution in [1.29, 1.82) is 0 Å². The maximum Gasteiger partial charge on any atom is 0.251 e. The topological polar surface area (TPSA) is 109 Å². The van der Waals surface area contributed by atoms with Crippen molar-refractivity contribution in [3.8, 4) is 0 Å². The van der Waals surface area contributed by atoms with Gasteiger partial charge in [-0.15, -0.1) is 0 Å². The molecule has 1 atom stereocenters. The Bertz CT molecular complexity index is 860. The number of hydrogen-bond acceptors (Lipinski definition) is 4. The van der Waals surface area contributed by atoms with Crippen LogP contribution in [0.4, 0.5) is 0 Å². The molecular weight excluding hydrogens is 352 g/mol. The van der Waals surface area contributed by atoms with E-state index in [2.05, 4.69) is 5.32 Å². The summed E-state index contributed by atoms with van der Waals surface area (Å²) >= 11 is 0. The average Bonchev–Trinajstić information content (AvgIpc) is 2.59. The van der Waals surface area contributed by atoms with Crippen LogP contribution in [0.5, 0.6) is 0 Å². The maximum absolute atomic E-state index is 12.6. The Labute approximate surface area is 153 Å². The molecular formula is C19H22N2O4S. The summed E-state index contributed by atoms with van der Waals surface area (Å²) in [5, 5.41) is 17.7. The second-order valence-electron chi connectivity index (χ2n) is 6.72. The molecule has 0 aromatic heterocycles. The van der Waals surface area contributed by atoms with Gasteiger partial charge in [0.15, 0.2) is 0 Å². The third-order valence-electron chi connectivity index (χ3n) is 4.78. The third-order valence-corrected chi connectivity index (χ3v) is 5.71. The molecule has 26 heavy (non-hydrogen) atoms. The quantitative estimate of drug-likeness (QED) is 0.711. The lowest BCUT2D eigenvalue weighted by atomic mass is 9.75. The van der Waals surface area contributed by atoms with Crippen molar-refractivity contribution in [1.82, 2.24) is 5.32 Å². The Morgan fingerprint density at radius 1 is 1.12 bits per heavy atom. The maximum atomic E-state index is 12.6. The van der Waals surface area contributed by atoms with E-state index in [1.54, 1.807) is 0 Å². The van der Waals surface area contributed by atoms with Gasteiger partial charge < -0.3 is 10.4 Å². The van der Waals surface area contributed by atoms with E-state index < -0.39 is 10.0 Å². The summed E-state index contributed by atoms with van der Waals surface area (Å²) in [5.74, 6) is -0.0499. The summed E-state index contributed by atoms with van der Waals surface area (Å²) < 4.78 is 22.6. The number of aliphatic hydroxyl groups is 1. The highest BCUT2D eigenvalue weighted by Crippen LogP contribution is 2.32. The lowest BCUT2D eigenvalue weighted by Crippen LogP contribution is -2.48. The van der Waals surface area contributed by atoms with Gasteiger partial charge in [0.25, 0.3) is 5.91 Å². The molecule has 6 nitrogen and oxygen atoms in total. The van der Waals surface area contributed by atoms with Gasteiger partial charge in [0.05, 0.1) is 11.0 Å². The van der Waals surface area contributed by atoms with Crippen LogP contribution in [0.1, 0.15) is 28.8 Å². The summed E-state index contributed by atoms with van der Waals surface area (Å²) in [4.78, 5) is 12.5. The number of rotatable bonds is 6. The predicted molar refractivity (Wildman–Crippen MR) is 97.9 cm³/mol. The molecule has 0 bridgehead atoms. The van der Waals surface area contributed by atoms with Gasteiger partial charge in [-0.2, -0.15) is 0 Å². The van der Waals surface area contributed by atoms with E-state index in [1.807, 2.05) is 30.3 Å². The SMILES string of the molecule is NS(=O)(=O)c1ccc(C(=O)N[C@H](Cc2ccccc2)C2CC(O)C2)cc1. The number of nitrogens with two attached hydrogens (primary N) is 1. The smallest absolute Gasteiger partial charge is 0.251 e. The Kier molecular flexibility index (Phi) is 5.41. The molecule has 4 N–H and O–H groups in total. The fraction of sp³-hybridized carbons (Fsp3) is 0.316. The van der Waals surface area contributed by atoms with Crippen molar-refractivity contribution in [3.63, 3.8) is 0 Å². The zero-order valence-corrected chi connectivity index (χ0v) is 15.0. The number of benzene rings is 2. The molecule has 1 aliphatic carbocycles. The number of primary sulfonamides is 1. The lowest BCUT2D eigenvalue weighted by Gasteiger charge is -2.38. The van der Waals surface area contributed by atoms with Crippen LogP contribution >= 0.6 is 0 Å². The monoisotopic (exact) mass is 374 g/mol. The molecule has 0 saturated heterocycles. The van der Waals surface area contributed by atoms with Crippen LogP contribution in [0.3, 0.4) is 0 Å². The van der Waals surface area contributed by atoms with Gasteiger partial charge in [0, 0.05) is 11.6 Å².